The van der Waals surface area contributed by atoms with E-state index in [0.29, 0.717) is 19.2 Å². The fourth-order valence-corrected chi connectivity index (χ4v) is 1.36. The van der Waals surface area contributed by atoms with E-state index in [-0.39, 0.29) is 12.4 Å². The monoisotopic (exact) mass is 217 g/mol. The number of rotatable bonds is 8. The summed E-state index contributed by atoms with van der Waals surface area (Å²) in [6.07, 6.45) is 1.48. The van der Waals surface area contributed by atoms with E-state index in [9.17, 15) is 9.90 Å². The average Bonchev–Trinajstić information content (AvgIpc) is 2.19. The molecule has 0 aliphatic heterocycles. The van der Waals surface area contributed by atoms with E-state index in [1.807, 2.05) is 0 Å². The Balaban J connectivity index is 3.64. The van der Waals surface area contributed by atoms with Crippen LogP contribution in [0.2, 0.25) is 0 Å². The first-order chi connectivity index (χ1) is 7.13. The van der Waals surface area contributed by atoms with Crippen LogP contribution in [0, 0.1) is 0 Å². The van der Waals surface area contributed by atoms with Gasteiger partial charge < -0.3 is 15.2 Å². The largest absolute Gasteiger partial charge is 0.466 e. The molecule has 0 aromatic rings. The van der Waals surface area contributed by atoms with Crippen molar-refractivity contribution in [1.82, 2.24) is 5.32 Å². The molecule has 0 bridgehead atoms. The predicted molar refractivity (Wildman–Crippen MR) is 59.6 cm³/mol. The topological polar surface area (TPSA) is 58.6 Å². The predicted octanol–water partition coefficient (Wildman–Crippen LogP) is 1.08. The quantitative estimate of drug-likeness (QED) is 0.597. The lowest BCUT2D eigenvalue weighted by atomic mass is 10.1. The number of nitrogens with one attached hydrogen (secondary N) is 1. The number of ether oxygens (including phenoxy) is 1. The molecule has 0 rings (SSSR count). The van der Waals surface area contributed by atoms with Crippen LogP contribution < -0.4 is 5.32 Å². The Labute approximate surface area is 92.0 Å². The van der Waals surface area contributed by atoms with Crippen molar-refractivity contribution >= 4 is 5.97 Å². The number of carbonyl (C=O) groups is 1. The highest BCUT2D eigenvalue weighted by molar-refractivity contribution is 5.69. The SMILES string of the molecule is CCOC(=O)CC(O)CNC(CC)CC. The van der Waals surface area contributed by atoms with Crippen molar-refractivity contribution in [3.8, 4) is 0 Å². The first kappa shape index (κ1) is 14.4. The molecule has 0 aliphatic carbocycles. The van der Waals surface area contributed by atoms with Crippen LogP contribution in [-0.2, 0) is 9.53 Å². The summed E-state index contributed by atoms with van der Waals surface area (Å²) in [6.45, 7) is 6.77. The summed E-state index contributed by atoms with van der Waals surface area (Å²) in [5.74, 6) is -0.337. The zero-order valence-electron chi connectivity index (χ0n) is 9.95. The Hall–Kier alpha value is -0.610. The molecule has 0 saturated carbocycles. The standard InChI is InChI=1S/C11H23NO3/c1-4-9(5-2)12-8-10(13)7-11(14)15-6-3/h9-10,12-13H,4-8H2,1-3H3. The molecule has 4 nitrogen and oxygen atoms in total. The van der Waals surface area contributed by atoms with Crippen LogP contribution in [0.3, 0.4) is 0 Å². The molecule has 15 heavy (non-hydrogen) atoms. The number of carbonyl (C=O) groups excluding carboxylic acids is 1. The molecule has 0 heterocycles. The van der Waals surface area contributed by atoms with Crippen molar-refractivity contribution in [3.63, 3.8) is 0 Å². The fraction of sp³-hybridized carbons (Fsp3) is 0.909. The van der Waals surface area contributed by atoms with E-state index in [4.69, 9.17) is 4.74 Å². The number of esters is 1. The Morgan fingerprint density at radius 1 is 1.33 bits per heavy atom. The third kappa shape index (κ3) is 7.33. The van der Waals surface area contributed by atoms with E-state index in [1.54, 1.807) is 6.92 Å². The normalized spacial score (nSPS) is 12.9. The van der Waals surface area contributed by atoms with Crippen LogP contribution in [0.4, 0.5) is 0 Å². The lowest BCUT2D eigenvalue weighted by Gasteiger charge is -2.17. The van der Waals surface area contributed by atoms with Gasteiger partial charge in [0.2, 0.25) is 0 Å². The first-order valence-electron chi connectivity index (χ1n) is 5.71. The second-order valence-corrected chi connectivity index (χ2v) is 3.58. The molecule has 90 valence electrons. The molecular weight excluding hydrogens is 194 g/mol. The second kappa shape index (κ2) is 8.68. The summed E-state index contributed by atoms with van der Waals surface area (Å²) < 4.78 is 4.75. The van der Waals surface area contributed by atoms with Gasteiger partial charge in [-0.1, -0.05) is 13.8 Å². The van der Waals surface area contributed by atoms with Crippen molar-refractivity contribution in [2.75, 3.05) is 13.2 Å². The first-order valence-corrected chi connectivity index (χ1v) is 5.71. The average molecular weight is 217 g/mol. The Morgan fingerprint density at radius 3 is 2.40 bits per heavy atom. The summed E-state index contributed by atoms with van der Waals surface area (Å²) in [5.41, 5.74) is 0. The van der Waals surface area contributed by atoms with Crippen LogP contribution in [0.1, 0.15) is 40.0 Å². The molecule has 0 saturated heterocycles. The van der Waals surface area contributed by atoms with E-state index < -0.39 is 6.10 Å². The van der Waals surface area contributed by atoms with E-state index in [0.717, 1.165) is 12.8 Å². The summed E-state index contributed by atoms with van der Waals surface area (Å²) in [5, 5.41) is 12.7. The van der Waals surface area contributed by atoms with Gasteiger partial charge >= 0.3 is 5.97 Å². The minimum atomic E-state index is -0.648. The summed E-state index contributed by atoms with van der Waals surface area (Å²) in [6, 6.07) is 0.418. The van der Waals surface area contributed by atoms with Crippen LogP contribution in [0.5, 0.6) is 0 Å². The summed E-state index contributed by atoms with van der Waals surface area (Å²) in [4.78, 5) is 11.0. The van der Waals surface area contributed by atoms with Crippen molar-refractivity contribution in [1.29, 1.82) is 0 Å². The lowest BCUT2D eigenvalue weighted by Crippen LogP contribution is -2.36. The van der Waals surface area contributed by atoms with Gasteiger partial charge in [0.05, 0.1) is 19.1 Å². The van der Waals surface area contributed by atoms with Crippen LogP contribution in [-0.4, -0.2) is 36.4 Å². The van der Waals surface area contributed by atoms with Gasteiger partial charge in [-0.05, 0) is 19.8 Å². The molecule has 2 N–H and O–H groups in total. The fourth-order valence-electron chi connectivity index (χ4n) is 1.36. The van der Waals surface area contributed by atoms with Gasteiger partial charge in [0, 0.05) is 12.6 Å². The minimum absolute atomic E-state index is 0.0704. The van der Waals surface area contributed by atoms with E-state index in [2.05, 4.69) is 19.2 Å². The van der Waals surface area contributed by atoms with Crippen molar-refractivity contribution in [3.05, 3.63) is 0 Å². The molecular formula is C11H23NO3. The van der Waals surface area contributed by atoms with Crippen LogP contribution in [0.15, 0.2) is 0 Å². The second-order valence-electron chi connectivity index (χ2n) is 3.58. The van der Waals surface area contributed by atoms with Gasteiger partial charge in [-0.15, -0.1) is 0 Å². The van der Waals surface area contributed by atoms with Gasteiger partial charge in [-0.2, -0.15) is 0 Å². The Bertz CT molecular complexity index is 169. The number of hydrogen-bond acceptors (Lipinski definition) is 4. The molecule has 0 radical (unpaired) electrons. The maximum Gasteiger partial charge on any atom is 0.308 e. The highest BCUT2D eigenvalue weighted by Gasteiger charge is 2.12. The molecule has 0 fully saturated rings. The zero-order valence-corrected chi connectivity index (χ0v) is 9.95. The van der Waals surface area contributed by atoms with Crippen molar-refractivity contribution in [2.45, 2.75) is 52.2 Å². The maximum atomic E-state index is 11.0. The summed E-state index contributed by atoms with van der Waals surface area (Å²) >= 11 is 0. The van der Waals surface area contributed by atoms with Gasteiger partial charge in [-0.3, -0.25) is 4.79 Å². The highest BCUT2D eigenvalue weighted by atomic mass is 16.5. The van der Waals surface area contributed by atoms with Gasteiger partial charge in [0.25, 0.3) is 0 Å². The van der Waals surface area contributed by atoms with Crippen LogP contribution >= 0.6 is 0 Å². The molecule has 0 aromatic carbocycles. The molecule has 1 unspecified atom stereocenters. The molecule has 4 heteroatoms. The van der Waals surface area contributed by atoms with Gasteiger partial charge in [0.1, 0.15) is 0 Å². The zero-order chi connectivity index (χ0) is 11.7. The molecule has 0 aromatic heterocycles. The highest BCUT2D eigenvalue weighted by Crippen LogP contribution is 1.98. The van der Waals surface area contributed by atoms with E-state index >= 15 is 0 Å². The Kier molecular flexibility index (Phi) is 8.33. The molecule has 0 aliphatic rings. The third-order valence-electron chi connectivity index (χ3n) is 2.34. The number of aliphatic hydroxyl groups is 1. The molecule has 0 spiro atoms. The van der Waals surface area contributed by atoms with Crippen molar-refractivity contribution in [2.24, 2.45) is 0 Å². The van der Waals surface area contributed by atoms with E-state index in [1.165, 1.54) is 0 Å². The lowest BCUT2D eigenvalue weighted by molar-refractivity contribution is -0.145. The van der Waals surface area contributed by atoms with Crippen LogP contribution in [0.25, 0.3) is 0 Å². The maximum absolute atomic E-state index is 11.0. The van der Waals surface area contributed by atoms with Gasteiger partial charge in [0.15, 0.2) is 0 Å². The number of hydrogen-bond donors (Lipinski definition) is 2. The third-order valence-corrected chi connectivity index (χ3v) is 2.34. The van der Waals surface area contributed by atoms with Gasteiger partial charge in [-0.25, -0.2) is 0 Å². The minimum Gasteiger partial charge on any atom is -0.466 e. The Morgan fingerprint density at radius 2 is 1.93 bits per heavy atom. The summed E-state index contributed by atoms with van der Waals surface area (Å²) in [7, 11) is 0. The van der Waals surface area contributed by atoms with Crippen molar-refractivity contribution < 1.29 is 14.6 Å². The number of aliphatic hydroxyl groups excluding tert-OH is 1. The molecule has 0 amide bonds. The smallest absolute Gasteiger partial charge is 0.308 e. The molecule has 1 atom stereocenters.